The van der Waals surface area contributed by atoms with E-state index in [9.17, 15) is 4.79 Å². The molecule has 5 heteroatoms. The van der Waals surface area contributed by atoms with Crippen molar-refractivity contribution in [3.8, 4) is 0 Å². The standard InChI is InChI=1S/C14H23N3O2/c1-3-16-11-15-8-13(16)9-17(10-14(18)19-2)12-6-4-5-7-12/h8,11-12H,3-7,9-10H2,1-2H3. The maximum absolute atomic E-state index is 11.6. The SMILES string of the molecule is CCn1cncc1CN(CC(=O)OC)C1CCCC1. The fourth-order valence-electron chi connectivity index (χ4n) is 2.79. The van der Waals surface area contributed by atoms with Crippen LogP contribution in [0.5, 0.6) is 0 Å². The van der Waals surface area contributed by atoms with Crippen LogP contribution in [-0.4, -0.2) is 40.1 Å². The second-order valence-corrected chi connectivity index (χ2v) is 5.09. The van der Waals surface area contributed by atoms with Crippen molar-refractivity contribution in [2.75, 3.05) is 13.7 Å². The summed E-state index contributed by atoms with van der Waals surface area (Å²) in [7, 11) is 1.45. The number of carbonyl (C=O) groups is 1. The first-order chi connectivity index (χ1) is 9.24. The normalized spacial score (nSPS) is 16.2. The molecule has 0 bridgehead atoms. The van der Waals surface area contributed by atoms with Crippen molar-refractivity contribution in [1.29, 1.82) is 0 Å². The van der Waals surface area contributed by atoms with Gasteiger partial charge in [0, 0.05) is 25.3 Å². The first-order valence-corrected chi connectivity index (χ1v) is 7.04. The molecule has 1 aromatic heterocycles. The molecule has 106 valence electrons. The molecular formula is C14H23N3O2. The summed E-state index contributed by atoms with van der Waals surface area (Å²) in [6.45, 7) is 4.15. The van der Waals surface area contributed by atoms with Crippen molar-refractivity contribution in [1.82, 2.24) is 14.5 Å². The first kappa shape index (κ1) is 14.1. The molecular weight excluding hydrogens is 242 g/mol. The summed E-state index contributed by atoms with van der Waals surface area (Å²) in [4.78, 5) is 18.0. The van der Waals surface area contributed by atoms with Gasteiger partial charge in [-0.15, -0.1) is 0 Å². The minimum atomic E-state index is -0.158. The van der Waals surface area contributed by atoms with E-state index in [-0.39, 0.29) is 5.97 Å². The number of ether oxygens (including phenoxy) is 1. The summed E-state index contributed by atoms with van der Waals surface area (Å²) in [5.74, 6) is -0.158. The van der Waals surface area contributed by atoms with E-state index in [1.54, 1.807) is 0 Å². The van der Waals surface area contributed by atoms with Crippen LogP contribution in [0.15, 0.2) is 12.5 Å². The number of carbonyl (C=O) groups excluding carboxylic acids is 1. The van der Waals surface area contributed by atoms with Crippen LogP contribution in [0.25, 0.3) is 0 Å². The van der Waals surface area contributed by atoms with E-state index in [1.165, 1.54) is 38.5 Å². The predicted molar refractivity (Wildman–Crippen MR) is 72.6 cm³/mol. The third kappa shape index (κ3) is 3.56. The molecule has 1 aliphatic carbocycles. The van der Waals surface area contributed by atoms with Gasteiger partial charge in [0.2, 0.25) is 0 Å². The molecule has 0 atom stereocenters. The quantitative estimate of drug-likeness (QED) is 0.736. The molecule has 5 nitrogen and oxygen atoms in total. The summed E-state index contributed by atoms with van der Waals surface area (Å²) in [5, 5.41) is 0. The molecule has 1 heterocycles. The van der Waals surface area contributed by atoms with Crippen LogP contribution in [0.1, 0.15) is 38.3 Å². The van der Waals surface area contributed by atoms with Crippen molar-refractivity contribution in [2.24, 2.45) is 0 Å². The summed E-state index contributed by atoms with van der Waals surface area (Å²) < 4.78 is 6.94. The van der Waals surface area contributed by atoms with Crippen molar-refractivity contribution in [2.45, 2.75) is 51.7 Å². The molecule has 0 amide bonds. The van der Waals surface area contributed by atoms with E-state index in [0.717, 1.165) is 13.1 Å². The van der Waals surface area contributed by atoms with Gasteiger partial charge in [-0.2, -0.15) is 0 Å². The monoisotopic (exact) mass is 265 g/mol. The molecule has 19 heavy (non-hydrogen) atoms. The van der Waals surface area contributed by atoms with Crippen LogP contribution < -0.4 is 0 Å². The van der Waals surface area contributed by atoms with Gasteiger partial charge in [0.1, 0.15) is 0 Å². The van der Waals surface area contributed by atoms with Gasteiger partial charge >= 0.3 is 5.97 Å². The second kappa shape index (κ2) is 6.70. The average molecular weight is 265 g/mol. The van der Waals surface area contributed by atoms with Gasteiger partial charge in [0.25, 0.3) is 0 Å². The van der Waals surface area contributed by atoms with Crippen molar-refractivity contribution >= 4 is 5.97 Å². The Balaban J connectivity index is 2.06. The zero-order valence-electron chi connectivity index (χ0n) is 11.8. The van der Waals surface area contributed by atoms with Gasteiger partial charge in [-0.25, -0.2) is 4.98 Å². The Bertz CT molecular complexity index is 411. The molecule has 1 aromatic rings. The maximum atomic E-state index is 11.6. The molecule has 0 saturated heterocycles. The Morgan fingerprint density at radius 1 is 1.53 bits per heavy atom. The molecule has 0 unspecified atom stereocenters. The van der Waals surface area contributed by atoms with Crippen molar-refractivity contribution in [3.05, 3.63) is 18.2 Å². The molecule has 0 N–H and O–H groups in total. The van der Waals surface area contributed by atoms with Crippen LogP contribution in [0.4, 0.5) is 0 Å². The minimum Gasteiger partial charge on any atom is -0.468 e. The van der Waals surface area contributed by atoms with Crippen LogP contribution in [0.2, 0.25) is 0 Å². The van der Waals surface area contributed by atoms with Crippen molar-refractivity contribution in [3.63, 3.8) is 0 Å². The molecule has 0 aromatic carbocycles. The third-order valence-electron chi connectivity index (χ3n) is 3.91. The molecule has 0 aliphatic heterocycles. The van der Waals surface area contributed by atoms with Gasteiger partial charge in [-0.3, -0.25) is 9.69 Å². The zero-order valence-corrected chi connectivity index (χ0v) is 11.8. The molecule has 2 rings (SSSR count). The smallest absolute Gasteiger partial charge is 0.319 e. The third-order valence-corrected chi connectivity index (χ3v) is 3.91. The highest BCUT2D eigenvalue weighted by Crippen LogP contribution is 2.24. The average Bonchev–Trinajstić information content (AvgIpc) is 3.08. The van der Waals surface area contributed by atoms with E-state index in [0.29, 0.717) is 12.6 Å². The molecule has 0 radical (unpaired) electrons. The summed E-state index contributed by atoms with van der Waals surface area (Å²) in [5.41, 5.74) is 1.17. The van der Waals surface area contributed by atoms with E-state index in [1.807, 2.05) is 12.5 Å². The molecule has 0 spiro atoms. The van der Waals surface area contributed by atoms with Gasteiger partial charge in [-0.05, 0) is 19.8 Å². The fourth-order valence-corrected chi connectivity index (χ4v) is 2.79. The lowest BCUT2D eigenvalue weighted by atomic mass is 10.2. The lowest BCUT2D eigenvalue weighted by Gasteiger charge is -2.27. The topological polar surface area (TPSA) is 47.4 Å². The largest absolute Gasteiger partial charge is 0.468 e. The first-order valence-electron chi connectivity index (χ1n) is 7.04. The number of hydrogen-bond donors (Lipinski definition) is 0. The number of rotatable bonds is 6. The number of esters is 1. The second-order valence-electron chi connectivity index (χ2n) is 5.09. The highest BCUT2D eigenvalue weighted by atomic mass is 16.5. The Hall–Kier alpha value is -1.36. The van der Waals surface area contributed by atoms with E-state index >= 15 is 0 Å². The molecule has 1 saturated carbocycles. The van der Waals surface area contributed by atoms with Gasteiger partial charge in [0.15, 0.2) is 0 Å². The highest BCUT2D eigenvalue weighted by molar-refractivity contribution is 5.71. The Labute approximate surface area is 114 Å². The lowest BCUT2D eigenvalue weighted by Crippen LogP contribution is -2.38. The summed E-state index contributed by atoms with van der Waals surface area (Å²) in [6, 6.07) is 0.499. The van der Waals surface area contributed by atoms with Crippen LogP contribution in [0.3, 0.4) is 0 Å². The van der Waals surface area contributed by atoms with Crippen LogP contribution >= 0.6 is 0 Å². The molecule has 1 fully saturated rings. The Kier molecular flexibility index (Phi) is 4.96. The number of methoxy groups -OCH3 is 1. The lowest BCUT2D eigenvalue weighted by molar-refractivity contribution is -0.142. The zero-order chi connectivity index (χ0) is 13.7. The van der Waals surface area contributed by atoms with Crippen LogP contribution in [0, 0.1) is 0 Å². The predicted octanol–water partition coefficient (Wildman–Crippen LogP) is 1.82. The number of aryl methyl sites for hydroxylation is 1. The highest BCUT2D eigenvalue weighted by Gasteiger charge is 2.25. The van der Waals surface area contributed by atoms with E-state index in [4.69, 9.17) is 4.74 Å². The molecule has 1 aliphatic rings. The van der Waals surface area contributed by atoms with Gasteiger partial charge in [0.05, 0.1) is 25.7 Å². The number of hydrogen-bond acceptors (Lipinski definition) is 4. The number of nitrogens with zero attached hydrogens (tertiary/aromatic N) is 3. The van der Waals surface area contributed by atoms with E-state index in [2.05, 4.69) is 21.4 Å². The van der Waals surface area contributed by atoms with Gasteiger partial charge in [-0.1, -0.05) is 12.8 Å². The fraction of sp³-hybridized carbons (Fsp3) is 0.714. The maximum Gasteiger partial charge on any atom is 0.319 e. The number of imidazole rings is 1. The van der Waals surface area contributed by atoms with Crippen molar-refractivity contribution < 1.29 is 9.53 Å². The van der Waals surface area contributed by atoms with Gasteiger partial charge < -0.3 is 9.30 Å². The Morgan fingerprint density at radius 3 is 2.89 bits per heavy atom. The minimum absolute atomic E-state index is 0.158. The summed E-state index contributed by atoms with van der Waals surface area (Å²) in [6.07, 6.45) is 8.61. The number of aromatic nitrogens is 2. The summed E-state index contributed by atoms with van der Waals surface area (Å²) >= 11 is 0. The van der Waals surface area contributed by atoms with Crippen LogP contribution in [-0.2, 0) is 22.6 Å². The van der Waals surface area contributed by atoms with E-state index < -0.39 is 0 Å². The Morgan fingerprint density at radius 2 is 2.26 bits per heavy atom.